The fourth-order valence-corrected chi connectivity index (χ4v) is 3.71. The van der Waals surface area contributed by atoms with E-state index in [0.717, 1.165) is 5.56 Å². The number of hydrogen-bond acceptors (Lipinski definition) is 5. The van der Waals surface area contributed by atoms with Crippen LogP contribution in [-0.2, 0) is 16.0 Å². The van der Waals surface area contributed by atoms with Gasteiger partial charge in [0.25, 0.3) is 0 Å². The van der Waals surface area contributed by atoms with Gasteiger partial charge in [0, 0.05) is 32.7 Å². The van der Waals surface area contributed by atoms with E-state index in [4.69, 9.17) is 9.84 Å². The number of carbonyl (C=O) groups excluding carboxylic acids is 1. The van der Waals surface area contributed by atoms with Crippen LogP contribution in [0, 0.1) is 5.82 Å². The molecule has 6 nitrogen and oxygen atoms in total. The molecular weight excluding hydrogens is 396 g/mol. The van der Waals surface area contributed by atoms with E-state index < -0.39 is 30.6 Å². The van der Waals surface area contributed by atoms with Crippen molar-refractivity contribution in [3.63, 3.8) is 0 Å². The molecule has 0 radical (unpaired) electrons. The molecule has 2 aliphatic rings. The second-order valence-corrected chi connectivity index (χ2v) is 7.45. The maximum atomic E-state index is 13.1. The van der Waals surface area contributed by atoms with Gasteiger partial charge in [0.15, 0.2) is 0 Å². The van der Waals surface area contributed by atoms with Gasteiger partial charge < -0.3 is 19.5 Å². The Morgan fingerprint density at radius 1 is 1.21 bits per heavy atom. The van der Waals surface area contributed by atoms with Crippen molar-refractivity contribution in [3.8, 4) is 0 Å². The number of likely N-dealkylation sites (tertiary alicyclic amines) is 1. The fraction of sp³-hybridized carbons (Fsp3) is 0.632. The van der Waals surface area contributed by atoms with Crippen LogP contribution < -0.4 is 0 Å². The topological polar surface area (TPSA) is 62.2 Å². The monoisotopic (exact) mass is 420 g/mol. The molecule has 162 valence electrons. The lowest BCUT2D eigenvalue weighted by molar-refractivity contribution is -0.215. The Bertz CT molecular complexity index is 690. The van der Waals surface area contributed by atoms with Gasteiger partial charge in [-0.25, -0.2) is 9.18 Å². The number of rotatable bonds is 4. The first-order chi connectivity index (χ1) is 13.7. The second kappa shape index (κ2) is 8.85. The molecule has 1 atom stereocenters. The number of benzene rings is 1. The summed E-state index contributed by atoms with van der Waals surface area (Å²) in [6.45, 7) is 1.59. The highest BCUT2D eigenvalue weighted by molar-refractivity contribution is 5.68. The standard InChI is InChI=1S/C19H24F4N2O4/c20-15-3-1-14(2-4-15)11-24-9-10-28-18(13-24)5-7-25(8-6-18)17(27)29-16(12-26)19(21,22)23/h1-4,16,26H,5-13H2/t16-/m1/s1. The third-order valence-electron chi connectivity index (χ3n) is 5.35. The predicted octanol–water partition coefficient (Wildman–Crippen LogP) is 2.55. The van der Waals surface area contributed by atoms with Crippen LogP contribution in [0.1, 0.15) is 18.4 Å². The summed E-state index contributed by atoms with van der Waals surface area (Å²) in [4.78, 5) is 15.4. The third-order valence-corrected chi connectivity index (χ3v) is 5.35. The second-order valence-electron chi connectivity index (χ2n) is 7.45. The summed E-state index contributed by atoms with van der Waals surface area (Å²) >= 11 is 0. The summed E-state index contributed by atoms with van der Waals surface area (Å²) in [5.74, 6) is -0.291. The number of morpholine rings is 1. The van der Waals surface area contributed by atoms with Crippen LogP contribution in [0.15, 0.2) is 24.3 Å². The van der Waals surface area contributed by atoms with Gasteiger partial charge in [-0.05, 0) is 30.5 Å². The zero-order chi connectivity index (χ0) is 21.1. The van der Waals surface area contributed by atoms with E-state index in [9.17, 15) is 22.4 Å². The molecule has 2 aliphatic heterocycles. The van der Waals surface area contributed by atoms with Crippen LogP contribution in [0.4, 0.5) is 22.4 Å². The molecule has 0 unspecified atom stereocenters. The lowest BCUT2D eigenvalue weighted by Gasteiger charge is -2.47. The highest BCUT2D eigenvalue weighted by Crippen LogP contribution is 2.31. The Labute approximate surface area is 166 Å². The smallest absolute Gasteiger partial charge is 0.427 e. The van der Waals surface area contributed by atoms with Gasteiger partial charge in [-0.1, -0.05) is 12.1 Å². The van der Waals surface area contributed by atoms with Gasteiger partial charge in [-0.3, -0.25) is 4.90 Å². The Kier molecular flexibility index (Phi) is 6.65. The molecule has 2 heterocycles. The molecule has 10 heteroatoms. The summed E-state index contributed by atoms with van der Waals surface area (Å²) in [5, 5.41) is 8.81. The van der Waals surface area contributed by atoms with Crippen molar-refractivity contribution in [2.45, 2.75) is 37.3 Å². The van der Waals surface area contributed by atoms with Crippen molar-refractivity contribution in [2.24, 2.45) is 0 Å². The maximum absolute atomic E-state index is 13.1. The quantitative estimate of drug-likeness (QED) is 0.759. The molecule has 0 saturated carbocycles. The number of alkyl halides is 3. The van der Waals surface area contributed by atoms with Crippen molar-refractivity contribution in [1.29, 1.82) is 0 Å². The first-order valence-corrected chi connectivity index (χ1v) is 9.45. The van der Waals surface area contributed by atoms with Gasteiger partial charge in [0.1, 0.15) is 5.82 Å². The average molecular weight is 420 g/mol. The van der Waals surface area contributed by atoms with Crippen LogP contribution >= 0.6 is 0 Å². The molecule has 2 fully saturated rings. The normalized spacial score (nSPS) is 21.2. The van der Waals surface area contributed by atoms with Crippen molar-refractivity contribution < 1.29 is 36.9 Å². The molecule has 0 aliphatic carbocycles. The van der Waals surface area contributed by atoms with Crippen LogP contribution in [0.25, 0.3) is 0 Å². The highest BCUT2D eigenvalue weighted by atomic mass is 19.4. The van der Waals surface area contributed by atoms with Gasteiger partial charge >= 0.3 is 12.3 Å². The van der Waals surface area contributed by atoms with Crippen molar-refractivity contribution in [2.75, 3.05) is 39.4 Å². The Hall–Kier alpha value is -1.91. The summed E-state index contributed by atoms with van der Waals surface area (Å²) in [6, 6.07) is 6.29. The molecule has 0 bridgehead atoms. The third kappa shape index (κ3) is 5.58. The van der Waals surface area contributed by atoms with E-state index in [0.29, 0.717) is 39.1 Å². The zero-order valence-electron chi connectivity index (χ0n) is 15.8. The van der Waals surface area contributed by atoms with Crippen LogP contribution in [0.2, 0.25) is 0 Å². The number of nitrogens with zero attached hydrogens (tertiary/aromatic N) is 2. The molecule has 0 aromatic heterocycles. The summed E-state index contributed by atoms with van der Waals surface area (Å²) in [7, 11) is 0. The van der Waals surface area contributed by atoms with E-state index in [-0.39, 0.29) is 18.9 Å². The highest BCUT2D eigenvalue weighted by Gasteiger charge is 2.45. The zero-order valence-corrected chi connectivity index (χ0v) is 15.8. The first kappa shape index (κ1) is 21.8. The Morgan fingerprint density at radius 2 is 1.86 bits per heavy atom. The van der Waals surface area contributed by atoms with E-state index >= 15 is 0 Å². The van der Waals surface area contributed by atoms with Crippen molar-refractivity contribution >= 4 is 6.09 Å². The number of amides is 1. The molecule has 1 N–H and O–H groups in total. The molecule has 3 rings (SSSR count). The molecule has 1 amide bonds. The van der Waals surface area contributed by atoms with Gasteiger partial charge in [0.05, 0.1) is 18.8 Å². The number of carbonyl (C=O) groups is 1. The molecule has 1 spiro atoms. The maximum Gasteiger partial charge on any atom is 0.427 e. The largest absolute Gasteiger partial charge is 0.434 e. The van der Waals surface area contributed by atoms with E-state index in [1.165, 1.54) is 17.0 Å². The fourth-order valence-electron chi connectivity index (χ4n) is 3.71. The minimum atomic E-state index is -4.81. The van der Waals surface area contributed by atoms with Crippen molar-refractivity contribution in [1.82, 2.24) is 9.80 Å². The molecule has 1 aromatic rings. The van der Waals surface area contributed by atoms with Crippen LogP contribution in [-0.4, -0.2) is 78.3 Å². The minimum Gasteiger partial charge on any atom is -0.434 e. The lowest BCUT2D eigenvalue weighted by atomic mass is 9.89. The van der Waals surface area contributed by atoms with Crippen LogP contribution in [0.3, 0.4) is 0 Å². The van der Waals surface area contributed by atoms with E-state index in [2.05, 4.69) is 9.64 Å². The number of aliphatic hydroxyl groups is 1. The number of aliphatic hydroxyl groups excluding tert-OH is 1. The Balaban J connectivity index is 1.53. The summed E-state index contributed by atoms with van der Waals surface area (Å²) < 4.78 is 61.5. The van der Waals surface area contributed by atoms with E-state index in [1.54, 1.807) is 12.1 Å². The number of ether oxygens (including phenoxy) is 2. The minimum absolute atomic E-state index is 0.208. The number of halogens is 4. The van der Waals surface area contributed by atoms with Gasteiger partial charge in [-0.2, -0.15) is 13.2 Å². The van der Waals surface area contributed by atoms with E-state index in [1.807, 2.05) is 0 Å². The molecule has 29 heavy (non-hydrogen) atoms. The Morgan fingerprint density at radius 3 is 2.45 bits per heavy atom. The summed E-state index contributed by atoms with van der Waals surface area (Å²) in [6.07, 6.45) is -7.48. The first-order valence-electron chi connectivity index (χ1n) is 9.45. The predicted molar refractivity (Wildman–Crippen MR) is 94.6 cm³/mol. The number of piperidine rings is 1. The van der Waals surface area contributed by atoms with Crippen LogP contribution in [0.5, 0.6) is 0 Å². The average Bonchev–Trinajstić information content (AvgIpc) is 2.67. The molecular formula is C19H24F4N2O4. The molecule has 2 saturated heterocycles. The number of hydrogen-bond donors (Lipinski definition) is 1. The SMILES string of the molecule is O=C(O[C@H](CO)C(F)(F)F)N1CCC2(CC1)CN(Cc1ccc(F)cc1)CCO2. The van der Waals surface area contributed by atoms with Gasteiger partial charge in [-0.15, -0.1) is 0 Å². The van der Waals surface area contributed by atoms with Crippen molar-refractivity contribution in [3.05, 3.63) is 35.6 Å². The lowest BCUT2D eigenvalue weighted by Crippen LogP contribution is -2.57. The summed E-state index contributed by atoms with van der Waals surface area (Å²) in [5.41, 5.74) is 0.502. The van der Waals surface area contributed by atoms with Gasteiger partial charge in [0.2, 0.25) is 6.10 Å². The molecule has 1 aromatic carbocycles.